The normalized spacial score (nSPS) is 10.4. The minimum absolute atomic E-state index is 0.0000545. The van der Waals surface area contributed by atoms with Crippen molar-refractivity contribution in [3.63, 3.8) is 0 Å². The molecule has 0 saturated heterocycles. The van der Waals surface area contributed by atoms with Gasteiger partial charge in [0.1, 0.15) is 23.7 Å². The molecule has 4 aromatic rings. The van der Waals surface area contributed by atoms with Crippen molar-refractivity contribution in [3.8, 4) is 29.1 Å². The van der Waals surface area contributed by atoms with Gasteiger partial charge in [-0.25, -0.2) is 14.4 Å². The smallest absolute Gasteiger partial charge is 0.218 e. The molecule has 1 amide bonds. The van der Waals surface area contributed by atoms with Gasteiger partial charge in [0.05, 0.1) is 17.6 Å². The van der Waals surface area contributed by atoms with Crippen LogP contribution in [0.3, 0.4) is 0 Å². The molecule has 0 unspecified atom stereocenters. The fourth-order valence-corrected chi connectivity index (χ4v) is 3.38. The number of ether oxygens (including phenoxy) is 2. The van der Waals surface area contributed by atoms with Crippen molar-refractivity contribution in [2.45, 2.75) is 12.8 Å². The minimum Gasteiger partial charge on any atom is -0.493 e. The standard InChI is InChI=1S/C26H20ClFN4O3/c1-34-23-14-22-19(26(31-15-30-22)32-17-8-11-21(28)20(27)12-17)13-24(23)35-18-9-6-16(7-10-18)4-2-3-5-25(29)33/h6-15H,3,5H2,1H3,(H2,29,33)(H,30,31,32). The van der Waals surface area contributed by atoms with Gasteiger partial charge in [-0.2, -0.15) is 0 Å². The SMILES string of the molecule is COc1cc2ncnc(Nc3ccc(F)c(Cl)c3)c2cc1Oc1ccc(C#CCCC(N)=O)cc1. The van der Waals surface area contributed by atoms with Gasteiger partial charge in [0.25, 0.3) is 0 Å². The first-order valence-electron chi connectivity index (χ1n) is 10.5. The summed E-state index contributed by atoms with van der Waals surface area (Å²) in [6, 6.07) is 15.0. The molecule has 0 saturated carbocycles. The predicted octanol–water partition coefficient (Wildman–Crippen LogP) is 5.58. The first-order valence-corrected chi connectivity index (χ1v) is 10.9. The van der Waals surface area contributed by atoms with Gasteiger partial charge in [-0.05, 0) is 48.5 Å². The zero-order valence-corrected chi connectivity index (χ0v) is 19.4. The van der Waals surface area contributed by atoms with Gasteiger partial charge in [-0.1, -0.05) is 23.4 Å². The molecule has 35 heavy (non-hydrogen) atoms. The second kappa shape index (κ2) is 10.7. The average Bonchev–Trinajstić information content (AvgIpc) is 2.85. The van der Waals surface area contributed by atoms with E-state index in [9.17, 15) is 9.18 Å². The number of benzene rings is 3. The Balaban J connectivity index is 1.60. The van der Waals surface area contributed by atoms with Crippen LogP contribution in [0.4, 0.5) is 15.9 Å². The largest absolute Gasteiger partial charge is 0.493 e. The topological polar surface area (TPSA) is 99.4 Å². The van der Waals surface area contributed by atoms with Crippen molar-refractivity contribution in [1.82, 2.24) is 9.97 Å². The number of anilines is 2. The number of hydrogen-bond donors (Lipinski definition) is 2. The number of aromatic nitrogens is 2. The molecule has 0 bridgehead atoms. The summed E-state index contributed by atoms with van der Waals surface area (Å²) >= 11 is 5.90. The van der Waals surface area contributed by atoms with E-state index in [2.05, 4.69) is 27.1 Å². The molecule has 9 heteroatoms. The van der Waals surface area contributed by atoms with Crippen molar-refractivity contribution >= 4 is 39.9 Å². The van der Waals surface area contributed by atoms with E-state index in [0.717, 1.165) is 5.56 Å². The summed E-state index contributed by atoms with van der Waals surface area (Å²) in [7, 11) is 1.54. The summed E-state index contributed by atoms with van der Waals surface area (Å²) < 4.78 is 25.1. The number of carbonyl (C=O) groups is 1. The minimum atomic E-state index is -0.507. The molecule has 7 nitrogen and oxygen atoms in total. The molecular formula is C26H20ClFN4O3. The molecule has 3 N–H and O–H groups in total. The summed E-state index contributed by atoms with van der Waals surface area (Å²) in [5.74, 6) is 7.01. The van der Waals surface area contributed by atoms with E-state index < -0.39 is 5.82 Å². The maximum atomic E-state index is 13.5. The molecule has 176 valence electrons. The van der Waals surface area contributed by atoms with Crippen LogP contribution in [0.15, 0.2) is 60.9 Å². The third-order valence-electron chi connectivity index (χ3n) is 4.91. The molecule has 3 aromatic carbocycles. The highest BCUT2D eigenvalue weighted by atomic mass is 35.5. The highest BCUT2D eigenvalue weighted by Gasteiger charge is 2.13. The Morgan fingerprint density at radius 1 is 1.11 bits per heavy atom. The van der Waals surface area contributed by atoms with Gasteiger partial charge in [-0.15, -0.1) is 0 Å². The maximum Gasteiger partial charge on any atom is 0.218 e. The van der Waals surface area contributed by atoms with E-state index in [0.29, 0.717) is 46.1 Å². The number of primary amides is 1. The average molecular weight is 491 g/mol. The van der Waals surface area contributed by atoms with Crippen LogP contribution in [0.1, 0.15) is 18.4 Å². The Hall–Kier alpha value is -4.35. The van der Waals surface area contributed by atoms with Crippen LogP contribution >= 0.6 is 11.6 Å². The van der Waals surface area contributed by atoms with Crippen LogP contribution in [0.5, 0.6) is 17.2 Å². The van der Waals surface area contributed by atoms with Crippen molar-refractivity contribution in [1.29, 1.82) is 0 Å². The summed E-state index contributed by atoms with van der Waals surface area (Å²) in [6.45, 7) is 0. The molecule has 0 fully saturated rings. The number of fused-ring (bicyclic) bond motifs is 1. The third-order valence-corrected chi connectivity index (χ3v) is 5.20. The van der Waals surface area contributed by atoms with Crippen molar-refractivity contribution in [2.75, 3.05) is 12.4 Å². The Morgan fingerprint density at radius 3 is 2.63 bits per heavy atom. The zero-order valence-electron chi connectivity index (χ0n) is 18.6. The molecule has 0 aliphatic rings. The van der Waals surface area contributed by atoms with Gasteiger partial charge >= 0.3 is 0 Å². The lowest BCUT2D eigenvalue weighted by Crippen LogP contribution is -2.08. The fourth-order valence-electron chi connectivity index (χ4n) is 3.20. The van der Waals surface area contributed by atoms with E-state index in [4.69, 9.17) is 26.8 Å². The van der Waals surface area contributed by atoms with Gasteiger partial charge in [0, 0.05) is 35.5 Å². The van der Waals surface area contributed by atoms with Crippen LogP contribution in [-0.4, -0.2) is 23.0 Å². The molecular weight excluding hydrogens is 471 g/mol. The molecule has 1 aromatic heterocycles. The Morgan fingerprint density at radius 2 is 1.91 bits per heavy atom. The summed E-state index contributed by atoms with van der Waals surface area (Å²) in [6.07, 6.45) is 2.05. The number of rotatable bonds is 7. The van der Waals surface area contributed by atoms with Crippen LogP contribution in [0.25, 0.3) is 10.9 Å². The van der Waals surface area contributed by atoms with Crippen molar-refractivity contribution in [3.05, 3.63) is 77.3 Å². The van der Waals surface area contributed by atoms with E-state index in [1.54, 1.807) is 37.4 Å². The summed E-state index contributed by atoms with van der Waals surface area (Å²) in [5.41, 5.74) is 7.10. The Kier molecular flexibility index (Phi) is 7.29. The van der Waals surface area contributed by atoms with E-state index in [-0.39, 0.29) is 17.4 Å². The van der Waals surface area contributed by atoms with Crippen LogP contribution < -0.4 is 20.5 Å². The van der Waals surface area contributed by atoms with Crippen LogP contribution in [-0.2, 0) is 4.79 Å². The lowest BCUT2D eigenvalue weighted by atomic mass is 10.2. The van der Waals surface area contributed by atoms with Crippen LogP contribution in [0, 0.1) is 17.7 Å². The lowest BCUT2D eigenvalue weighted by molar-refractivity contribution is -0.117. The quantitative estimate of drug-likeness (QED) is 0.328. The number of nitrogens with two attached hydrogens (primary N) is 1. The van der Waals surface area contributed by atoms with Crippen LogP contribution in [0.2, 0.25) is 5.02 Å². The van der Waals surface area contributed by atoms with Gasteiger partial charge < -0.3 is 20.5 Å². The van der Waals surface area contributed by atoms with Crippen molar-refractivity contribution in [2.24, 2.45) is 5.73 Å². The number of hydrogen-bond acceptors (Lipinski definition) is 6. The van der Waals surface area contributed by atoms with E-state index >= 15 is 0 Å². The molecule has 1 heterocycles. The second-order valence-electron chi connectivity index (χ2n) is 7.39. The number of halogens is 2. The molecule has 0 radical (unpaired) electrons. The molecule has 0 spiro atoms. The van der Waals surface area contributed by atoms with Crippen molar-refractivity contribution < 1.29 is 18.7 Å². The number of carbonyl (C=O) groups excluding carboxylic acids is 1. The zero-order chi connectivity index (χ0) is 24.8. The highest BCUT2D eigenvalue weighted by molar-refractivity contribution is 6.31. The monoisotopic (exact) mass is 490 g/mol. The number of nitrogens with one attached hydrogen (secondary N) is 1. The summed E-state index contributed by atoms with van der Waals surface area (Å²) in [5, 5.41) is 3.81. The van der Waals surface area contributed by atoms with Gasteiger partial charge in [-0.3, -0.25) is 4.79 Å². The number of methoxy groups -OCH3 is 1. The lowest BCUT2D eigenvalue weighted by Gasteiger charge is -2.14. The van der Waals surface area contributed by atoms with E-state index in [1.165, 1.54) is 18.5 Å². The van der Waals surface area contributed by atoms with E-state index in [1.807, 2.05) is 12.1 Å². The maximum absolute atomic E-state index is 13.5. The third kappa shape index (κ3) is 5.96. The summed E-state index contributed by atoms with van der Waals surface area (Å²) in [4.78, 5) is 19.4. The molecule has 0 atom stereocenters. The highest BCUT2D eigenvalue weighted by Crippen LogP contribution is 2.37. The molecule has 4 rings (SSSR count). The van der Waals surface area contributed by atoms with Gasteiger partial charge in [0.2, 0.25) is 5.91 Å². The first-order chi connectivity index (χ1) is 16.9. The molecule has 0 aliphatic carbocycles. The van der Waals surface area contributed by atoms with Gasteiger partial charge in [0.15, 0.2) is 11.5 Å². The molecule has 0 aliphatic heterocycles. The predicted molar refractivity (Wildman–Crippen MR) is 133 cm³/mol. The first kappa shape index (κ1) is 23.8. The second-order valence-corrected chi connectivity index (χ2v) is 7.80. The Labute approximate surface area is 206 Å². The number of amides is 1. The number of nitrogens with zero attached hydrogens (tertiary/aromatic N) is 2. The Bertz CT molecular complexity index is 1450. The fraction of sp³-hybridized carbons (Fsp3) is 0.115.